The van der Waals surface area contributed by atoms with Gasteiger partial charge in [0.1, 0.15) is 6.33 Å². The fourth-order valence-corrected chi connectivity index (χ4v) is 2.87. The van der Waals surface area contributed by atoms with Crippen LogP contribution in [0, 0.1) is 0 Å². The molecule has 1 saturated carbocycles. The molecule has 0 amide bonds. The predicted octanol–water partition coefficient (Wildman–Crippen LogP) is 2.39. The van der Waals surface area contributed by atoms with Crippen LogP contribution in [0.2, 0.25) is 5.28 Å². The number of hydrogen-bond acceptors (Lipinski definition) is 3. The molecule has 1 aliphatic rings. The lowest BCUT2D eigenvalue weighted by Crippen LogP contribution is -2.05. The van der Waals surface area contributed by atoms with Crippen molar-refractivity contribution in [1.29, 1.82) is 0 Å². The SMILES string of the molecule is CSC1CCC(n2cnnc2Cl)C1. The maximum Gasteiger partial charge on any atom is 0.225 e. The molecule has 13 heavy (non-hydrogen) atoms. The third kappa shape index (κ3) is 1.83. The van der Waals surface area contributed by atoms with Crippen LogP contribution in [-0.2, 0) is 0 Å². The van der Waals surface area contributed by atoms with Crippen molar-refractivity contribution >= 4 is 23.4 Å². The van der Waals surface area contributed by atoms with E-state index in [-0.39, 0.29) is 0 Å². The molecule has 0 radical (unpaired) electrons. The molecule has 1 fully saturated rings. The van der Waals surface area contributed by atoms with E-state index in [1.165, 1.54) is 19.3 Å². The van der Waals surface area contributed by atoms with Crippen LogP contribution >= 0.6 is 23.4 Å². The molecule has 2 atom stereocenters. The molecule has 0 saturated heterocycles. The van der Waals surface area contributed by atoms with E-state index in [4.69, 9.17) is 11.6 Å². The van der Waals surface area contributed by atoms with Crippen molar-refractivity contribution in [3.8, 4) is 0 Å². The van der Waals surface area contributed by atoms with Crippen LogP contribution in [0.1, 0.15) is 25.3 Å². The van der Waals surface area contributed by atoms with E-state index in [2.05, 4.69) is 16.5 Å². The summed E-state index contributed by atoms with van der Waals surface area (Å²) >= 11 is 7.84. The lowest BCUT2D eigenvalue weighted by molar-refractivity contribution is 0.518. The summed E-state index contributed by atoms with van der Waals surface area (Å²) in [4.78, 5) is 0. The minimum atomic E-state index is 0.514. The quantitative estimate of drug-likeness (QED) is 0.762. The van der Waals surface area contributed by atoms with Crippen molar-refractivity contribution < 1.29 is 0 Å². The highest BCUT2D eigenvalue weighted by molar-refractivity contribution is 7.99. The summed E-state index contributed by atoms with van der Waals surface area (Å²) < 4.78 is 1.98. The summed E-state index contributed by atoms with van der Waals surface area (Å²) in [5, 5.41) is 8.88. The molecule has 0 spiro atoms. The van der Waals surface area contributed by atoms with E-state index in [9.17, 15) is 0 Å². The van der Waals surface area contributed by atoms with E-state index < -0.39 is 0 Å². The van der Waals surface area contributed by atoms with Gasteiger partial charge in [0.15, 0.2) is 0 Å². The molecule has 1 aliphatic carbocycles. The number of halogens is 1. The molecular formula is C8H12ClN3S. The third-order valence-electron chi connectivity index (χ3n) is 2.61. The normalized spacial score (nSPS) is 28.2. The second-order valence-electron chi connectivity index (χ2n) is 3.33. The van der Waals surface area contributed by atoms with Gasteiger partial charge in [-0.15, -0.1) is 10.2 Å². The highest BCUT2D eigenvalue weighted by Gasteiger charge is 2.26. The summed E-state index contributed by atoms with van der Waals surface area (Å²) in [6.07, 6.45) is 7.57. The number of rotatable bonds is 2. The number of nitrogens with zero attached hydrogens (tertiary/aromatic N) is 3. The Labute approximate surface area is 86.9 Å². The highest BCUT2D eigenvalue weighted by Crippen LogP contribution is 2.36. The van der Waals surface area contributed by atoms with Gasteiger partial charge in [-0.3, -0.25) is 0 Å². The van der Waals surface area contributed by atoms with Gasteiger partial charge in [-0.05, 0) is 37.1 Å². The van der Waals surface area contributed by atoms with Crippen molar-refractivity contribution in [1.82, 2.24) is 14.8 Å². The van der Waals surface area contributed by atoms with Crippen LogP contribution in [0.25, 0.3) is 0 Å². The van der Waals surface area contributed by atoms with Gasteiger partial charge >= 0.3 is 0 Å². The molecule has 72 valence electrons. The minimum Gasteiger partial charge on any atom is -0.301 e. The predicted molar refractivity (Wildman–Crippen MR) is 55.2 cm³/mol. The Hall–Kier alpha value is -0.220. The van der Waals surface area contributed by atoms with Gasteiger partial charge in [0.2, 0.25) is 5.28 Å². The van der Waals surface area contributed by atoms with Gasteiger partial charge in [0.25, 0.3) is 0 Å². The first-order valence-electron chi connectivity index (χ1n) is 4.39. The van der Waals surface area contributed by atoms with Crippen LogP contribution in [0.15, 0.2) is 6.33 Å². The van der Waals surface area contributed by atoms with Crippen molar-refractivity contribution in [2.24, 2.45) is 0 Å². The van der Waals surface area contributed by atoms with E-state index in [1.807, 2.05) is 16.3 Å². The van der Waals surface area contributed by atoms with E-state index in [1.54, 1.807) is 6.33 Å². The van der Waals surface area contributed by atoms with Crippen molar-refractivity contribution in [2.75, 3.05) is 6.26 Å². The van der Waals surface area contributed by atoms with Crippen LogP contribution in [0.4, 0.5) is 0 Å². The molecule has 0 aliphatic heterocycles. The minimum absolute atomic E-state index is 0.514. The first-order valence-corrected chi connectivity index (χ1v) is 6.05. The molecule has 2 rings (SSSR count). The summed E-state index contributed by atoms with van der Waals surface area (Å²) in [6.45, 7) is 0. The Balaban J connectivity index is 2.08. The highest BCUT2D eigenvalue weighted by atomic mass is 35.5. The summed E-state index contributed by atoms with van der Waals surface area (Å²) in [7, 11) is 0. The van der Waals surface area contributed by atoms with E-state index >= 15 is 0 Å². The molecule has 3 nitrogen and oxygen atoms in total. The molecule has 1 aromatic heterocycles. The Bertz CT molecular complexity index is 289. The average molecular weight is 218 g/mol. The van der Waals surface area contributed by atoms with Crippen molar-refractivity contribution in [3.63, 3.8) is 0 Å². The fraction of sp³-hybridized carbons (Fsp3) is 0.750. The van der Waals surface area contributed by atoms with Gasteiger partial charge in [-0.2, -0.15) is 11.8 Å². The zero-order valence-electron chi connectivity index (χ0n) is 7.48. The maximum atomic E-state index is 5.89. The standard InChI is InChI=1S/C8H12ClN3S/c1-13-7-3-2-6(4-7)12-5-10-11-8(12)9/h5-7H,2-4H2,1H3. The summed E-state index contributed by atoms with van der Waals surface area (Å²) in [5.74, 6) is 0. The van der Waals surface area contributed by atoms with Crippen molar-refractivity contribution in [3.05, 3.63) is 11.6 Å². The average Bonchev–Trinajstić information content (AvgIpc) is 2.71. The van der Waals surface area contributed by atoms with Gasteiger partial charge < -0.3 is 4.57 Å². The second-order valence-corrected chi connectivity index (χ2v) is 4.81. The first-order chi connectivity index (χ1) is 6.31. The Morgan fingerprint density at radius 2 is 2.46 bits per heavy atom. The Morgan fingerprint density at radius 1 is 1.62 bits per heavy atom. The van der Waals surface area contributed by atoms with Crippen LogP contribution in [0.5, 0.6) is 0 Å². The molecule has 5 heteroatoms. The van der Waals surface area contributed by atoms with Crippen molar-refractivity contribution in [2.45, 2.75) is 30.6 Å². The third-order valence-corrected chi connectivity index (χ3v) is 3.98. The van der Waals surface area contributed by atoms with Crippen LogP contribution in [0.3, 0.4) is 0 Å². The monoisotopic (exact) mass is 217 g/mol. The first kappa shape index (κ1) is 9.34. The Morgan fingerprint density at radius 3 is 3.00 bits per heavy atom. The zero-order valence-corrected chi connectivity index (χ0v) is 9.05. The number of aromatic nitrogens is 3. The molecule has 1 heterocycles. The molecule has 2 unspecified atom stereocenters. The smallest absolute Gasteiger partial charge is 0.225 e. The molecule has 0 aromatic carbocycles. The molecule has 1 aromatic rings. The fourth-order valence-electron chi connectivity index (χ4n) is 1.86. The van der Waals surface area contributed by atoms with Crippen LogP contribution < -0.4 is 0 Å². The number of thioether (sulfide) groups is 1. The zero-order chi connectivity index (χ0) is 9.26. The van der Waals surface area contributed by atoms with Crippen LogP contribution in [-0.4, -0.2) is 26.3 Å². The summed E-state index contributed by atoms with van der Waals surface area (Å²) in [5.41, 5.74) is 0. The topological polar surface area (TPSA) is 30.7 Å². The molecular weight excluding hydrogens is 206 g/mol. The number of hydrogen-bond donors (Lipinski definition) is 0. The molecule has 0 bridgehead atoms. The maximum absolute atomic E-state index is 5.89. The lowest BCUT2D eigenvalue weighted by atomic mass is 10.2. The van der Waals surface area contributed by atoms with Gasteiger partial charge in [0.05, 0.1) is 0 Å². The Kier molecular flexibility index (Phi) is 2.79. The lowest BCUT2D eigenvalue weighted by Gasteiger charge is -2.11. The summed E-state index contributed by atoms with van der Waals surface area (Å²) in [6, 6.07) is 0.514. The second kappa shape index (κ2) is 3.88. The van der Waals surface area contributed by atoms with E-state index in [0.29, 0.717) is 11.3 Å². The van der Waals surface area contributed by atoms with Gasteiger partial charge in [-0.1, -0.05) is 0 Å². The van der Waals surface area contributed by atoms with Gasteiger partial charge in [0, 0.05) is 11.3 Å². The molecule has 0 N–H and O–H groups in total. The largest absolute Gasteiger partial charge is 0.301 e. The van der Waals surface area contributed by atoms with E-state index in [0.717, 1.165) is 5.25 Å². The van der Waals surface area contributed by atoms with Gasteiger partial charge in [-0.25, -0.2) is 0 Å².